The van der Waals surface area contributed by atoms with Crippen LogP contribution in [-0.4, -0.2) is 17.3 Å². The second-order valence-corrected chi connectivity index (χ2v) is 3.55. The van der Waals surface area contributed by atoms with Gasteiger partial charge in [-0.25, -0.2) is 0 Å². The van der Waals surface area contributed by atoms with Gasteiger partial charge in [0.25, 0.3) is 0 Å². The molecule has 0 aromatic heterocycles. The van der Waals surface area contributed by atoms with Gasteiger partial charge in [-0.3, -0.25) is 0 Å². The fraction of sp³-hybridized carbons (Fsp3) is 0.200. The lowest BCUT2D eigenvalue weighted by Crippen LogP contribution is -2.31. The fourth-order valence-electron chi connectivity index (χ4n) is 0.885. The van der Waals surface area contributed by atoms with Crippen molar-refractivity contribution in [3.05, 3.63) is 92.9 Å². The predicted molar refractivity (Wildman–Crippen MR) is 117 cm³/mol. The van der Waals surface area contributed by atoms with E-state index in [2.05, 4.69) is 86.8 Å². The molecule has 0 unspecified atom stereocenters. The molecule has 22 heavy (non-hydrogen) atoms. The van der Waals surface area contributed by atoms with Crippen LogP contribution >= 0.6 is 0 Å². The van der Waals surface area contributed by atoms with Gasteiger partial charge < -0.3 is 10.8 Å². The molecule has 0 aromatic carbocycles. The molecule has 0 fully saturated rings. The van der Waals surface area contributed by atoms with Crippen molar-refractivity contribution in [2.75, 3.05) is 0 Å². The average Bonchev–Trinajstić information content (AvgIpc) is 2.54. The summed E-state index contributed by atoms with van der Waals surface area (Å²) >= 11 is 0. The Bertz CT molecular complexity index is 946. The van der Waals surface area contributed by atoms with Crippen molar-refractivity contribution in [1.29, 1.82) is 0 Å². The number of aliphatic hydroxyl groups is 1. The molecule has 0 bridgehead atoms. The molecule has 136 valence electrons. The summed E-state index contributed by atoms with van der Waals surface area (Å²) in [5.41, 5.74) is 40.5. The van der Waals surface area contributed by atoms with Crippen molar-refractivity contribution in [3.8, 4) is 0 Å². The van der Waals surface area contributed by atoms with Crippen molar-refractivity contribution in [2.45, 2.75) is 25.5 Å². The first kappa shape index (κ1) is 18.6. The van der Waals surface area contributed by atoms with Crippen LogP contribution in [-0.2, 0) is 0 Å². The number of hydrogen-bond donors (Lipinski definition) is 2. The topological polar surface area (TPSA) is 46.2 Å². The molecule has 0 aliphatic heterocycles. The Balaban J connectivity index is -0.0000000184. The molecular weight excluding hydrogens is 270 g/mol. The second-order valence-electron chi connectivity index (χ2n) is 3.55. The Hall–Kier alpha value is -3.42. The van der Waals surface area contributed by atoms with Crippen LogP contribution in [0, 0.1) is 0 Å². The summed E-state index contributed by atoms with van der Waals surface area (Å²) in [7, 11) is 0. The molecular formula is C20H45NO. The Morgan fingerprint density at radius 3 is 1.73 bits per heavy atom. The van der Waals surface area contributed by atoms with Gasteiger partial charge >= 0.3 is 0 Å². The Kier molecular flexibility index (Phi) is 11.8. The highest BCUT2D eigenvalue weighted by molar-refractivity contribution is 4.95. The number of nitrogens with two attached hydrogens (primary N) is 1. The van der Waals surface area contributed by atoms with Crippen molar-refractivity contribution in [3.63, 3.8) is 0 Å². The van der Waals surface area contributed by atoms with Crippen molar-refractivity contribution >= 4 is 0 Å². The van der Waals surface area contributed by atoms with Crippen LogP contribution < -0.4 is 5.73 Å². The highest BCUT2D eigenvalue weighted by atomic mass is 16.3. The molecule has 2 atom stereocenters. The summed E-state index contributed by atoms with van der Waals surface area (Å²) in [6.45, 7) is 5.19. The molecule has 0 saturated carbocycles. The lowest BCUT2D eigenvalue weighted by molar-refractivity contribution is 0.189. The minimum atomic E-state index is -0.752. The molecule has 2 heteroatoms. The van der Waals surface area contributed by atoms with E-state index < -0.39 is 6.10 Å². The van der Waals surface area contributed by atoms with Gasteiger partial charge in [0.1, 0.15) is 0 Å². The normalized spacial score (nSPS) is 8.86. The van der Waals surface area contributed by atoms with E-state index in [4.69, 9.17) is 5.73 Å². The van der Waals surface area contributed by atoms with Gasteiger partial charge in [-0.05, 0) is 87.9 Å². The first-order chi connectivity index (χ1) is 10.7. The molecule has 0 aromatic rings. The summed E-state index contributed by atoms with van der Waals surface area (Å²) < 4.78 is 0. The molecule has 0 spiro atoms. The Labute approximate surface area is 153 Å². The number of rotatable bonds is 3. The molecule has 0 aliphatic rings. The highest BCUT2D eigenvalue weighted by Gasteiger charge is 2.07. The SMILES string of the molecule is C=C=C=C=C=C=C=C=C=C=C=C=C=C=C=C[C@H](O)[C@@H](N)CC.[HH].[HH].[HH].[HH].[HH].[HH].[HH].[HH].[HH].[HH].[HH].[HH].[HH].[HH].[HH].[HH]. The van der Waals surface area contributed by atoms with E-state index in [-0.39, 0.29) is 28.9 Å². The van der Waals surface area contributed by atoms with Crippen LogP contribution in [0.1, 0.15) is 36.2 Å². The summed E-state index contributed by atoms with van der Waals surface area (Å²) in [4.78, 5) is 0. The van der Waals surface area contributed by atoms with Gasteiger partial charge in [0.05, 0.1) is 6.10 Å². The Morgan fingerprint density at radius 1 is 0.909 bits per heavy atom. The van der Waals surface area contributed by atoms with Crippen molar-refractivity contribution in [2.24, 2.45) is 5.73 Å². The quantitative estimate of drug-likeness (QED) is 0.594. The van der Waals surface area contributed by atoms with E-state index in [1.54, 1.807) is 0 Å². The maximum atomic E-state index is 9.50. The van der Waals surface area contributed by atoms with E-state index >= 15 is 0 Å². The minimum Gasteiger partial charge on any atom is -0.387 e. The third kappa shape index (κ3) is 11.7. The fourth-order valence-corrected chi connectivity index (χ4v) is 0.885. The standard InChI is InChI=1S/C20H13NO.16H2/c1-3-5-6-7-8-9-10-11-12-13-14-15-16-17-18-20(22)19(21)4-2;;;;;;;;;;;;;;;;/h18-20,22H,1,4,21H2,2H3;16*1H/t19-,20-;;;;;;;;;;;;;;;;/m0................/s1. The number of aliphatic hydroxyl groups excluding tert-OH is 1. The first-order valence-electron chi connectivity index (χ1n) is 6.27. The largest absolute Gasteiger partial charge is 0.387 e. The van der Waals surface area contributed by atoms with E-state index in [1.165, 1.54) is 6.08 Å². The van der Waals surface area contributed by atoms with Crippen molar-refractivity contribution in [1.82, 2.24) is 0 Å². The summed E-state index contributed by atoms with van der Waals surface area (Å²) in [5, 5.41) is 9.50. The zero-order valence-corrected chi connectivity index (χ0v) is 12.2. The van der Waals surface area contributed by atoms with E-state index in [9.17, 15) is 5.11 Å². The van der Waals surface area contributed by atoms with Crippen LogP contribution in [0.15, 0.2) is 92.9 Å². The summed E-state index contributed by atoms with van der Waals surface area (Å²) in [6.07, 6.45) is 1.33. The number of hydrogen-bond acceptors (Lipinski definition) is 2. The van der Waals surface area contributed by atoms with E-state index in [1.807, 2.05) is 6.92 Å². The van der Waals surface area contributed by atoms with Gasteiger partial charge in [0.15, 0.2) is 0 Å². The maximum Gasteiger partial charge on any atom is 0.0951 e. The van der Waals surface area contributed by atoms with Gasteiger partial charge in [0.2, 0.25) is 0 Å². The van der Waals surface area contributed by atoms with Gasteiger partial charge in [-0.15, -0.1) is 0 Å². The lowest BCUT2D eigenvalue weighted by atomic mass is 10.1. The molecule has 0 radical (unpaired) electrons. The van der Waals surface area contributed by atoms with Crippen molar-refractivity contribution < 1.29 is 27.9 Å². The first-order valence-corrected chi connectivity index (χ1v) is 6.27. The average molecular weight is 316 g/mol. The maximum absolute atomic E-state index is 9.50. The molecule has 0 aliphatic carbocycles. The molecule has 0 heterocycles. The van der Waals surface area contributed by atoms with Gasteiger partial charge in [0, 0.05) is 28.9 Å². The Morgan fingerprint density at radius 2 is 1.32 bits per heavy atom. The third-order valence-corrected chi connectivity index (χ3v) is 2.01. The predicted octanol–water partition coefficient (Wildman–Crippen LogP) is 6.38. The van der Waals surface area contributed by atoms with E-state index in [0.717, 1.165) is 0 Å². The van der Waals surface area contributed by atoms with Gasteiger partial charge in [-0.2, -0.15) is 0 Å². The smallest absolute Gasteiger partial charge is 0.0951 e. The molecule has 2 nitrogen and oxygen atoms in total. The van der Waals surface area contributed by atoms with Crippen LogP contribution in [0.4, 0.5) is 0 Å². The van der Waals surface area contributed by atoms with Crippen LogP contribution in [0.25, 0.3) is 0 Å². The summed E-state index contributed by atoms with van der Waals surface area (Å²) in [5.74, 6) is 0. The van der Waals surface area contributed by atoms with Crippen LogP contribution in [0.5, 0.6) is 0 Å². The van der Waals surface area contributed by atoms with Crippen LogP contribution in [0.3, 0.4) is 0 Å². The zero-order chi connectivity index (χ0) is 16.5. The molecule has 0 amide bonds. The minimum absolute atomic E-state index is 0. The second kappa shape index (κ2) is 14.0. The third-order valence-electron chi connectivity index (χ3n) is 2.01. The molecule has 0 saturated heterocycles. The summed E-state index contributed by atoms with van der Waals surface area (Å²) in [6, 6.07) is -0.311. The lowest BCUT2D eigenvalue weighted by Gasteiger charge is -2.10. The molecule has 3 N–H and O–H groups in total. The molecule has 0 rings (SSSR count). The van der Waals surface area contributed by atoms with Crippen LogP contribution in [0.2, 0.25) is 0 Å². The highest BCUT2D eigenvalue weighted by Crippen LogP contribution is 1.94. The van der Waals surface area contributed by atoms with Gasteiger partial charge in [-0.1, -0.05) is 18.4 Å². The van der Waals surface area contributed by atoms with E-state index in [0.29, 0.717) is 6.42 Å². The monoisotopic (exact) mass is 315 g/mol. The zero-order valence-electron chi connectivity index (χ0n) is 12.2.